The lowest BCUT2D eigenvalue weighted by Gasteiger charge is -2.17. The lowest BCUT2D eigenvalue weighted by Crippen LogP contribution is -2.02. The van der Waals surface area contributed by atoms with Crippen LogP contribution < -0.4 is 0 Å². The molecule has 1 aromatic heterocycles. The van der Waals surface area contributed by atoms with Gasteiger partial charge >= 0.3 is 0 Å². The van der Waals surface area contributed by atoms with E-state index in [0.29, 0.717) is 17.4 Å². The Morgan fingerprint density at radius 2 is 1.84 bits per heavy atom. The van der Waals surface area contributed by atoms with Crippen LogP contribution in [0.1, 0.15) is 23.5 Å². The zero-order valence-corrected chi connectivity index (χ0v) is 10.6. The van der Waals surface area contributed by atoms with Crippen LogP contribution in [0.25, 0.3) is 10.9 Å². The number of nitrogens with one attached hydrogen (secondary N) is 1. The molecule has 0 spiro atoms. The fraction of sp³-hybridized carbons (Fsp3) is 0.118. The number of hydrogen-bond donors (Lipinski definition) is 1. The number of fused-ring (bicyclic) bond motifs is 1. The predicted octanol–water partition coefficient (Wildman–Crippen LogP) is 4.66. The number of H-pyrrole nitrogens is 1. The molecular weight excluding hydrogens is 237 g/mol. The van der Waals surface area contributed by atoms with Crippen molar-refractivity contribution in [3.8, 4) is 0 Å². The predicted molar refractivity (Wildman–Crippen MR) is 76.5 cm³/mol. The van der Waals surface area contributed by atoms with Crippen molar-refractivity contribution in [2.24, 2.45) is 0 Å². The molecule has 0 saturated carbocycles. The standard InChI is InChI=1S/C17H15FN/c1-2-13(12-6-4-3-5-7-12)14-8-9-16-15(17(14)18)10-11-19-16/h3-11,13,19H,1-2H2. The Kier molecular flexibility index (Phi) is 3.08. The van der Waals surface area contributed by atoms with E-state index in [2.05, 4.69) is 11.9 Å². The molecule has 1 unspecified atom stereocenters. The Labute approximate surface area is 112 Å². The molecule has 0 amide bonds. The fourth-order valence-electron chi connectivity index (χ4n) is 2.57. The summed E-state index contributed by atoms with van der Waals surface area (Å²) in [5, 5.41) is 0.645. The molecule has 1 heterocycles. The van der Waals surface area contributed by atoms with Gasteiger partial charge in [0.2, 0.25) is 0 Å². The maximum Gasteiger partial charge on any atom is 0.136 e. The maximum absolute atomic E-state index is 14.6. The van der Waals surface area contributed by atoms with Gasteiger partial charge in [-0.2, -0.15) is 0 Å². The Hall–Kier alpha value is -2.09. The zero-order chi connectivity index (χ0) is 13.2. The van der Waals surface area contributed by atoms with Crippen molar-refractivity contribution in [1.29, 1.82) is 0 Å². The smallest absolute Gasteiger partial charge is 0.136 e. The third-order valence-corrected chi connectivity index (χ3v) is 3.56. The van der Waals surface area contributed by atoms with Gasteiger partial charge in [0.1, 0.15) is 5.82 Å². The van der Waals surface area contributed by atoms with Gasteiger partial charge in [0.25, 0.3) is 0 Å². The van der Waals surface area contributed by atoms with E-state index in [0.717, 1.165) is 11.1 Å². The summed E-state index contributed by atoms with van der Waals surface area (Å²) in [6.45, 7) is 3.97. The van der Waals surface area contributed by atoms with E-state index in [1.54, 1.807) is 12.3 Å². The first-order chi connectivity index (χ1) is 9.31. The molecule has 0 aliphatic rings. The van der Waals surface area contributed by atoms with Gasteiger partial charge in [-0.15, -0.1) is 0 Å². The number of aromatic nitrogens is 1. The third-order valence-electron chi connectivity index (χ3n) is 3.56. The van der Waals surface area contributed by atoms with Crippen molar-refractivity contribution in [1.82, 2.24) is 4.98 Å². The lowest BCUT2D eigenvalue weighted by molar-refractivity contribution is 0.608. The van der Waals surface area contributed by atoms with Gasteiger partial charge in [0.15, 0.2) is 0 Å². The Bertz CT molecular complexity index is 685. The van der Waals surface area contributed by atoms with Crippen LogP contribution >= 0.6 is 0 Å². The summed E-state index contributed by atoms with van der Waals surface area (Å²) in [5.41, 5.74) is 2.65. The first-order valence-corrected chi connectivity index (χ1v) is 6.41. The molecule has 0 fully saturated rings. The van der Waals surface area contributed by atoms with Crippen LogP contribution in [0.4, 0.5) is 4.39 Å². The van der Waals surface area contributed by atoms with Crippen LogP contribution in [0.5, 0.6) is 0 Å². The first-order valence-electron chi connectivity index (χ1n) is 6.41. The van der Waals surface area contributed by atoms with Crippen LogP contribution in [-0.2, 0) is 0 Å². The number of aromatic amines is 1. The summed E-state index contributed by atoms with van der Waals surface area (Å²) < 4.78 is 14.6. The molecule has 1 radical (unpaired) electrons. The minimum absolute atomic E-state index is 0.000463. The van der Waals surface area contributed by atoms with Gasteiger partial charge in [-0.3, -0.25) is 0 Å². The third kappa shape index (κ3) is 2.03. The molecule has 2 aromatic carbocycles. The largest absolute Gasteiger partial charge is 0.361 e. The van der Waals surface area contributed by atoms with Crippen LogP contribution in [0.3, 0.4) is 0 Å². The summed E-state index contributed by atoms with van der Waals surface area (Å²) >= 11 is 0. The van der Waals surface area contributed by atoms with E-state index < -0.39 is 0 Å². The number of halogens is 1. The van der Waals surface area contributed by atoms with Crippen molar-refractivity contribution < 1.29 is 4.39 Å². The second kappa shape index (κ2) is 4.88. The highest BCUT2D eigenvalue weighted by atomic mass is 19.1. The monoisotopic (exact) mass is 252 g/mol. The maximum atomic E-state index is 14.6. The summed E-state index contributed by atoms with van der Waals surface area (Å²) in [6.07, 6.45) is 2.40. The van der Waals surface area contributed by atoms with Gasteiger partial charge in [-0.05, 0) is 29.7 Å². The molecule has 1 atom stereocenters. The van der Waals surface area contributed by atoms with Crippen molar-refractivity contribution in [2.75, 3.05) is 0 Å². The number of rotatable bonds is 3. The average molecular weight is 252 g/mol. The Morgan fingerprint density at radius 1 is 1.05 bits per heavy atom. The minimum Gasteiger partial charge on any atom is -0.361 e. The molecule has 3 aromatic rings. The van der Waals surface area contributed by atoms with Crippen LogP contribution in [-0.4, -0.2) is 4.98 Å². The van der Waals surface area contributed by atoms with E-state index in [9.17, 15) is 4.39 Å². The van der Waals surface area contributed by atoms with Crippen molar-refractivity contribution in [2.45, 2.75) is 12.3 Å². The highest BCUT2D eigenvalue weighted by Gasteiger charge is 2.18. The second-order valence-corrected chi connectivity index (χ2v) is 4.66. The summed E-state index contributed by atoms with van der Waals surface area (Å²) in [4.78, 5) is 3.03. The number of hydrogen-bond acceptors (Lipinski definition) is 0. The van der Waals surface area contributed by atoms with Crippen molar-refractivity contribution in [3.63, 3.8) is 0 Å². The fourth-order valence-corrected chi connectivity index (χ4v) is 2.57. The molecule has 1 N–H and O–H groups in total. The molecule has 0 saturated heterocycles. The average Bonchev–Trinajstić information content (AvgIpc) is 2.93. The van der Waals surface area contributed by atoms with Crippen LogP contribution in [0, 0.1) is 12.7 Å². The van der Waals surface area contributed by atoms with Gasteiger partial charge in [0, 0.05) is 23.0 Å². The second-order valence-electron chi connectivity index (χ2n) is 4.66. The van der Waals surface area contributed by atoms with Crippen molar-refractivity contribution >= 4 is 10.9 Å². The van der Waals surface area contributed by atoms with E-state index in [1.165, 1.54) is 0 Å². The van der Waals surface area contributed by atoms with E-state index in [4.69, 9.17) is 0 Å². The van der Waals surface area contributed by atoms with Crippen molar-refractivity contribution in [3.05, 3.63) is 78.6 Å². The Balaban J connectivity index is 2.14. The molecule has 95 valence electrons. The molecular formula is C17H15FN. The highest BCUT2D eigenvalue weighted by Crippen LogP contribution is 2.32. The van der Waals surface area contributed by atoms with Gasteiger partial charge < -0.3 is 4.98 Å². The molecule has 0 aliphatic carbocycles. The molecule has 2 heteroatoms. The van der Waals surface area contributed by atoms with E-state index in [1.807, 2.05) is 42.5 Å². The minimum atomic E-state index is -0.142. The molecule has 3 rings (SSSR count). The first kappa shape index (κ1) is 12.0. The lowest BCUT2D eigenvalue weighted by atomic mass is 9.88. The Morgan fingerprint density at radius 3 is 2.58 bits per heavy atom. The van der Waals surface area contributed by atoms with Crippen LogP contribution in [0.15, 0.2) is 54.7 Å². The SMILES string of the molecule is [CH2]CC(c1ccccc1)c1ccc2[nH]ccc2c1F. The van der Waals surface area contributed by atoms with E-state index >= 15 is 0 Å². The van der Waals surface area contributed by atoms with Gasteiger partial charge in [0.05, 0.1) is 0 Å². The molecule has 0 bridgehead atoms. The van der Waals surface area contributed by atoms with Crippen LogP contribution in [0.2, 0.25) is 0 Å². The summed E-state index contributed by atoms with van der Waals surface area (Å²) in [6, 6.07) is 15.5. The quantitative estimate of drug-likeness (QED) is 0.697. The molecule has 0 aliphatic heterocycles. The normalized spacial score (nSPS) is 12.7. The molecule has 19 heavy (non-hydrogen) atoms. The number of benzene rings is 2. The highest BCUT2D eigenvalue weighted by molar-refractivity contribution is 5.81. The van der Waals surface area contributed by atoms with E-state index in [-0.39, 0.29) is 11.7 Å². The summed E-state index contributed by atoms with van der Waals surface area (Å²) in [5.74, 6) is -0.142. The topological polar surface area (TPSA) is 15.8 Å². The van der Waals surface area contributed by atoms with Gasteiger partial charge in [-0.1, -0.05) is 43.3 Å². The zero-order valence-electron chi connectivity index (χ0n) is 10.6. The molecule has 1 nitrogen and oxygen atoms in total. The van der Waals surface area contributed by atoms with Gasteiger partial charge in [-0.25, -0.2) is 4.39 Å². The summed E-state index contributed by atoms with van der Waals surface area (Å²) in [7, 11) is 0.